The number of hydrogen-bond acceptors (Lipinski definition) is 3. The van der Waals surface area contributed by atoms with E-state index in [4.69, 9.17) is 9.47 Å². The van der Waals surface area contributed by atoms with Gasteiger partial charge < -0.3 is 14.8 Å². The molecular formula is C10H21NO2. The summed E-state index contributed by atoms with van der Waals surface area (Å²) in [5.74, 6) is 0. The first-order valence-corrected chi connectivity index (χ1v) is 5.20. The predicted molar refractivity (Wildman–Crippen MR) is 52.9 cm³/mol. The van der Waals surface area contributed by atoms with Gasteiger partial charge in [-0.2, -0.15) is 0 Å². The van der Waals surface area contributed by atoms with Crippen LogP contribution in [0.4, 0.5) is 0 Å². The first-order valence-electron chi connectivity index (χ1n) is 5.20. The van der Waals surface area contributed by atoms with Gasteiger partial charge in [-0.05, 0) is 20.3 Å². The van der Waals surface area contributed by atoms with E-state index in [9.17, 15) is 0 Å². The third-order valence-corrected chi connectivity index (χ3v) is 2.37. The molecule has 0 aromatic carbocycles. The fraction of sp³-hybridized carbons (Fsp3) is 1.00. The Morgan fingerprint density at radius 1 is 1.54 bits per heavy atom. The Morgan fingerprint density at radius 2 is 2.31 bits per heavy atom. The van der Waals surface area contributed by atoms with Crippen LogP contribution < -0.4 is 5.32 Å². The van der Waals surface area contributed by atoms with Crippen molar-refractivity contribution in [1.29, 1.82) is 0 Å². The van der Waals surface area contributed by atoms with Crippen LogP contribution >= 0.6 is 0 Å². The molecule has 0 aromatic heterocycles. The second-order valence-electron chi connectivity index (χ2n) is 3.78. The van der Waals surface area contributed by atoms with Crippen molar-refractivity contribution < 1.29 is 9.47 Å². The number of rotatable bonds is 4. The normalized spacial score (nSPS) is 31.6. The second-order valence-corrected chi connectivity index (χ2v) is 3.78. The van der Waals surface area contributed by atoms with Crippen LogP contribution in [0.2, 0.25) is 0 Å². The topological polar surface area (TPSA) is 30.5 Å². The van der Waals surface area contributed by atoms with E-state index < -0.39 is 0 Å². The fourth-order valence-corrected chi connectivity index (χ4v) is 1.36. The summed E-state index contributed by atoms with van der Waals surface area (Å²) < 4.78 is 11.3. The number of ether oxygens (including phenoxy) is 2. The van der Waals surface area contributed by atoms with E-state index in [0.717, 1.165) is 19.5 Å². The van der Waals surface area contributed by atoms with Gasteiger partial charge in [-0.1, -0.05) is 6.92 Å². The lowest BCUT2D eigenvalue weighted by Crippen LogP contribution is -2.45. The fourth-order valence-electron chi connectivity index (χ4n) is 1.36. The minimum atomic E-state index is 0.234. The average molecular weight is 187 g/mol. The van der Waals surface area contributed by atoms with Crippen LogP contribution in [0, 0.1) is 0 Å². The Hall–Kier alpha value is -0.120. The van der Waals surface area contributed by atoms with Gasteiger partial charge in [0, 0.05) is 13.1 Å². The lowest BCUT2D eigenvalue weighted by molar-refractivity contribution is -0.0822. The molecule has 3 nitrogen and oxygen atoms in total. The van der Waals surface area contributed by atoms with Crippen molar-refractivity contribution >= 4 is 0 Å². The minimum absolute atomic E-state index is 0.234. The summed E-state index contributed by atoms with van der Waals surface area (Å²) >= 11 is 0. The largest absolute Gasteiger partial charge is 0.376 e. The van der Waals surface area contributed by atoms with E-state index in [1.54, 1.807) is 0 Å². The van der Waals surface area contributed by atoms with Crippen molar-refractivity contribution in [1.82, 2.24) is 5.32 Å². The zero-order valence-corrected chi connectivity index (χ0v) is 8.88. The Balaban J connectivity index is 2.13. The van der Waals surface area contributed by atoms with Crippen LogP contribution in [0.5, 0.6) is 0 Å². The average Bonchev–Trinajstić information content (AvgIpc) is 2.14. The SMILES string of the molecule is CCC(C)OCC1CNCC(C)O1. The monoisotopic (exact) mass is 187 g/mol. The van der Waals surface area contributed by atoms with Crippen molar-refractivity contribution in [3.8, 4) is 0 Å². The molecule has 3 unspecified atom stereocenters. The maximum Gasteiger partial charge on any atom is 0.0936 e. The Kier molecular flexibility index (Phi) is 4.70. The van der Waals surface area contributed by atoms with Gasteiger partial charge in [-0.15, -0.1) is 0 Å². The van der Waals surface area contributed by atoms with Gasteiger partial charge in [0.2, 0.25) is 0 Å². The highest BCUT2D eigenvalue weighted by molar-refractivity contribution is 4.71. The van der Waals surface area contributed by atoms with Crippen LogP contribution in [-0.4, -0.2) is 38.0 Å². The van der Waals surface area contributed by atoms with E-state index >= 15 is 0 Å². The second kappa shape index (κ2) is 5.58. The van der Waals surface area contributed by atoms with Gasteiger partial charge >= 0.3 is 0 Å². The molecule has 13 heavy (non-hydrogen) atoms. The van der Waals surface area contributed by atoms with Gasteiger partial charge in [-0.3, -0.25) is 0 Å². The summed E-state index contributed by atoms with van der Waals surface area (Å²) in [5.41, 5.74) is 0. The summed E-state index contributed by atoms with van der Waals surface area (Å²) in [4.78, 5) is 0. The highest BCUT2D eigenvalue weighted by atomic mass is 16.5. The van der Waals surface area contributed by atoms with Crippen LogP contribution in [0.3, 0.4) is 0 Å². The highest BCUT2D eigenvalue weighted by Gasteiger charge is 2.19. The van der Waals surface area contributed by atoms with Crippen LogP contribution in [-0.2, 0) is 9.47 Å². The van der Waals surface area contributed by atoms with Gasteiger partial charge in [0.15, 0.2) is 0 Å². The van der Waals surface area contributed by atoms with E-state index in [1.165, 1.54) is 0 Å². The number of morpholine rings is 1. The van der Waals surface area contributed by atoms with E-state index in [-0.39, 0.29) is 6.10 Å². The Labute approximate surface area is 80.8 Å². The minimum Gasteiger partial charge on any atom is -0.376 e. The lowest BCUT2D eigenvalue weighted by Gasteiger charge is -2.29. The van der Waals surface area contributed by atoms with Gasteiger partial charge in [0.1, 0.15) is 0 Å². The van der Waals surface area contributed by atoms with E-state index in [2.05, 4.69) is 26.1 Å². The van der Waals surface area contributed by atoms with E-state index in [0.29, 0.717) is 18.8 Å². The van der Waals surface area contributed by atoms with Crippen molar-refractivity contribution in [3.63, 3.8) is 0 Å². The molecule has 1 heterocycles. The highest BCUT2D eigenvalue weighted by Crippen LogP contribution is 2.05. The molecular weight excluding hydrogens is 166 g/mol. The maximum absolute atomic E-state index is 5.69. The summed E-state index contributed by atoms with van der Waals surface area (Å²) in [5, 5.41) is 3.32. The number of hydrogen-bond donors (Lipinski definition) is 1. The Morgan fingerprint density at radius 3 is 2.92 bits per heavy atom. The van der Waals surface area contributed by atoms with Crippen molar-refractivity contribution in [2.45, 2.75) is 45.5 Å². The molecule has 1 fully saturated rings. The molecule has 3 heteroatoms. The first kappa shape index (κ1) is 11.0. The first-order chi connectivity index (χ1) is 6.22. The van der Waals surface area contributed by atoms with Crippen molar-refractivity contribution in [3.05, 3.63) is 0 Å². The third kappa shape index (κ3) is 4.07. The van der Waals surface area contributed by atoms with E-state index in [1.807, 2.05) is 0 Å². The Bertz CT molecular complexity index is 141. The molecule has 3 atom stereocenters. The molecule has 0 aliphatic carbocycles. The molecule has 1 rings (SSSR count). The predicted octanol–water partition coefficient (Wildman–Crippen LogP) is 1.18. The zero-order valence-electron chi connectivity index (χ0n) is 8.88. The maximum atomic E-state index is 5.69. The molecule has 1 N–H and O–H groups in total. The molecule has 78 valence electrons. The van der Waals surface area contributed by atoms with Gasteiger partial charge in [-0.25, -0.2) is 0 Å². The molecule has 1 saturated heterocycles. The van der Waals surface area contributed by atoms with Crippen molar-refractivity contribution in [2.24, 2.45) is 0 Å². The smallest absolute Gasteiger partial charge is 0.0936 e. The van der Waals surface area contributed by atoms with Crippen molar-refractivity contribution in [2.75, 3.05) is 19.7 Å². The standard InChI is InChI=1S/C10H21NO2/c1-4-8(2)12-7-10-6-11-5-9(3)13-10/h8-11H,4-7H2,1-3H3. The molecule has 0 aromatic rings. The molecule has 0 bridgehead atoms. The zero-order chi connectivity index (χ0) is 9.68. The molecule has 0 spiro atoms. The van der Waals surface area contributed by atoms with Gasteiger partial charge in [0.05, 0.1) is 24.9 Å². The number of nitrogens with one attached hydrogen (secondary N) is 1. The summed E-state index contributed by atoms with van der Waals surface area (Å²) in [7, 11) is 0. The molecule has 0 amide bonds. The van der Waals surface area contributed by atoms with Gasteiger partial charge in [0.25, 0.3) is 0 Å². The molecule has 1 aliphatic rings. The molecule has 0 radical (unpaired) electrons. The summed E-state index contributed by atoms with van der Waals surface area (Å²) in [6.45, 7) is 8.91. The van der Waals surface area contributed by atoms with Crippen LogP contribution in [0.1, 0.15) is 27.2 Å². The third-order valence-electron chi connectivity index (χ3n) is 2.37. The molecule has 0 saturated carbocycles. The van der Waals surface area contributed by atoms with Crippen LogP contribution in [0.15, 0.2) is 0 Å². The lowest BCUT2D eigenvalue weighted by atomic mass is 10.2. The summed E-state index contributed by atoms with van der Waals surface area (Å²) in [6.07, 6.45) is 1.97. The quantitative estimate of drug-likeness (QED) is 0.717. The summed E-state index contributed by atoms with van der Waals surface area (Å²) in [6, 6.07) is 0. The molecule has 1 aliphatic heterocycles. The van der Waals surface area contributed by atoms with Crippen LogP contribution in [0.25, 0.3) is 0 Å².